The molecule has 3 atom stereocenters. The number of nitrogens with one attached hydrogen (secondary N) is 1. The highest BCUT2D eigenvalue weighted by Crippen LogP contribution is 2.25. The minimum Gasteiger partial charge on any atom is -0.379 e. The first-order chi connectivity index (χ1) is 13.8. The Morgan fingerprint density at radius 3 is 2.62 bits per heavy atom. The van der Waals surface area contributed by atoms with Crippen LogP contribution in [0.5, 0.6) is 0 Å². The Bertz CT molecular complexity index is 821. The molecular formula is C21H34N3O4S+. The summed E-state index contributed by atoms with van der Waals surface area (Å²) < 4.78 is 32.8. The predicted molar refractivity (Wildman–Crippen MR) is 112 cm³/mol. The average molecular weight is 425 g/mol. The summed E-state index contributed by atoms with van der Waals surface area (Å²) in [5.74, 6) is 0.519. The van der Waals surface area contributed by atoms with Crippen molar-refractivity contribution in [3.63, 3.8) is 0 Å². The van der Waals surface area contributed by atoms with Crippen molar-refractivity contribution in [3.05, 3.63) is 23.8 Å². The van der Waals surface area contributed by atoms with Gasteiger partial charge in [0.1, 0.15) is 0 Å². The van der Waals surface area contributed by atoms with Crippen molar-refractivity contribution in [2.45, 2.75) is 63.4 Å². The zero-order valence-corrected chi connectivity index (χ0v) is 18.5. The second-order valence-electron chi connectivity index (χ2n) is 8.39. The molecule has 1 saturated heterocycles. The summed E-state index contributed by atoms with van der Waals surface area (Å²) in [6.45, 7) is 7.46. The number of morpholine rings is 1. The van der Waals surface area contributed by atoms with Crippen molar-refractivity contribution in [1.82, 2.24) is 4.31 Å². The molecule has 0 spiro atoms. The molecule has 1 saturated carbocycles. The van der Waals surface area contributed by atoms with Crippen molar-refractivity contribution in [1.29, 1.82) is 0 Å². The van der Waals surface area contributed by atoms with Crippen LogP contribution in [0.1, 0.15) is 45.1 Å². The fourth-order valence-corrected chi connectivity index (χ4v) is 5.89. The topological polar surface area (TPSA) is 92.3 Å². The van der Waals surface area contributed by atoms with Gasteiger partial charge >= 0.3 is 0 Å². The molecule has 29 heavy (non-hydrogen) atoms. The van der Waals surface area contributed by atoms with Crippen LogP contribution in [0.3, 0.4) is 0 Å². The lowest BCUT2D eigenvalue weighted by Gasteiger charge is -2.28. The van der Waals surface area contributed by atoms with E-state index >= 15 is 0 Å². The highest BCUT2D eigenvalue weighted by atomic mass is 32.2. The van der Waals surface area contributed by atoms with Crippen LogP contribution in [0.15, 0.2) is 23.1 Å². The molecule has 0 radical (unpaired) electrons. The van der Waals surface area contributed by atoms with Crippen LogP contribution in [-0.2, 0) is 19.6 Å². The third kappa shape index (κ3) is 5.36. The van der Waals surface area contributed by atoms with E-state index in [1.165, 1.54) is 23.6 Å². The zero-order chi connectivity index (χ0) is 21.0. The van der Waals surface area contributed by atoms with E-state index < -0.39 is 10.0 Å². The number of ether oxygens (including phenoxy) is 1. The van der Waals surface area contributed by atoms with Gasteiger partial charge in [0.15, 0.2) is 6.04 Å². The number of amides is 1. The average Bonchev–Trinajstić information content (AvgIpc) is 2.71. The molecule has 3 N–H and O–H groups in total. The second-order valence-corrected chi connectivity index (χ2v) is 10.3. The van der Waals surface area contributed by atoms with Gasteiger partial charge in [-0.2, -0.15) is 4.31 Å². The first kappa shape index (κ1) is 22.2. The fraction of sp³-hybridized carbons (Fsp3) is 0.667. The largest absolute Gasteiger partial charge is 0.379 e. The van der Waals surface area contributed by atoms with Gasteiger partial charge in [-0.1, -0.05) is 19.4 Å². The van der Waals surface area contributed by atoms with Crippen molar-refractivity contribution >= 4 is 21.6 Å². The van der Waals surface area contributed by atoms with E-state index in [9.17, 15) is 13.2 Å². The smallest absolute Gasteiger partial charge is 0.282 e. The highest BCUT2D eigenvalue weighted by Gasteiger charge is 2.30. The fourth-order valence-electron chi connectivity index (χ4n) is 4.23. The molecule has 1 aromatic rings. The molecule has 3 rings (SSSR count). The number of anilines is 1. The minimum absolute atomic E-state index is 0.0960. The van der Waals surface area contributed by atoms with Crippen LogP contribution in [0.2, 0.25) is 0 Å². The van der Waals surface area contributed by atoms with Gasteiger partial charge in [0.05, 0.1) is 24.2 Å². The molecule has 1 amide bonds. The van der Waals surface area contributed by atoms with Gasteiger partial charge in [-0.05, 0) is 50.8 Å². The van der Waals surface area contributed by atoms with Gasteiger partial charge in [0.2, 0.25) is 10.0 Å². The van der Waals surface area contributed by atoms with Crippen LogP contribution in [0.4, 0.5) is 5.69 Å². The molecule has 1 aliphatic carbocycles. The van der Waals surface area contributed by atoms with Gasteiger partial charge in [-0.15, -0.1) is 0 Å². The number of aryl methyl sites for hydroxylation is 1. The maximum absolute atomic E-state index is 13.0. The molecule has 2 fully saturated rings. The second kappa shape index (κ2) is 9.55. The van der Waals surface area contributed by atoms with E-state index in [1.54, 1.807) is 25.1 Å². The lowest BCUT2D eigenvalue weighted by molar-refractivity contribution is -0.714. The van der Waals surface area contributed by atoms with Gasteiger partial charge in [0, 0.05) is 24.7 Å². The number of hydrogen-bond donors (Lipinski definition) is 2. The quantitative estimate of drug-likeness (QED) is 0.724. The molecule has 0 aromatic heterocycles. The Morgan fingerprint density at radius 2 is 1.93 bits per heavy atom. The molecule has 8 heteroatoms. The summed E-state index contributed by atoms with van der Waals surface area (Å²) >= 11 is 0. The SMILES string of the molecule is Cc1ccc(NC(=O)[C@@H](C)[NH2+][C@@H]2CCCC[C@@H]2C)cc1S(=O)(=O)N1CCOCC1. The number of hydrogen-bond acceptors (Lipinski definition) is 4. The third-order valence-corrected chi connectivity index (χ3v) is 8.21. The number of quaternary nitrogens is 1. The van der Waals surface area contributed by atoms with Crippen LogP contribution < -0.4 is 10.6 Å². The summed E-state index contributed by atoms with van der Waals surface area (Å²) in [6.07, 6.45) is 4.86. The van der Waals surface area contributed by atoms with E-state index in [0.717, 1.165) is 6.42 Å². The number of carbonyl (C=O) groups excluding carboxylic acids is 1. The van der Waals surface area contributed by atoms with E-state index in [1.807, 2.05) is 6.92 Å². The molecule has 1 heterocycles. The summed E-state index contributed by atoms with van der Waals surface area (Å²) in [7, 11) is -3.61. The molecule has 0 bridgehead atoms. The van der Waals surface area contributed by atoms with Crippen molar-refractivity contribution < 1.29 is 23.3 Å². The van der Waals surface area contributed by atoms with Gasteiger partial charge < -0.3 is 15.4 Å². The number of benzene rings is 1. The minimum atomic E-state index is -3.61. The van der Waals surface area contributed by atoms with Crippen LogP contribution >= 0.6 is 0 Å². The Balaban J connectivity index is 1.69. The van der Waals surface area contributed by atoms with Crippen molar-refractivity contribution in [2.75, 3.05) is 31.6 Å². The molecule has 162 valence electrons. The zero-order valence-electron chi connectivity index (χ0n) is 17.7. The Morgan fingerprint density at radius 1 is 1.24 bits per heavy atom. The Kier molecular flexibility index (Phi) is 7.32. The third-order valence-electron chi connectivity index (χ3n) is 6.17. The summed E-state index contributed by atoms with van der Waals surface area (Å²) in [4.78, 5) is 13.0. The van der Waals surface area contributed by atoms with E-state index in [-0.39, 0.29) is 16.8 Å². The first-order valence-corrected chi connectivity index (χ1v) is 12.1. The van der Waals surface area contributed by atoms with Gasteiger partial charge in [-0.3, -0.25) is 4.79 Å². The van der Waals surface area contributed by atoms with Crippen LogP contribution in [0.25, 0.3) is 0 Å². The van der Waals surface area contributed by atoms with E-state index in [2.05, 4.69) is 17.6 Å². The van der Waals surface area contributed by atoms with Gasteiger partial charge in [-0.25, -0.2) is 8.42 Å². The monoisotopic (exact) mass is 424 g/mol. The predicted octanol–water partition coefficient (Wildman–Crippen LogP) is 1.49. The number of nitrogens with two attached hydrogens (primary N) is 1. The standard InChI is InChI=1S/C21H33N3O4S/c1-15-6-4-5-7-19(15)22-17(3)21(25)23-18-9-8-16(2)20(14-18)29(26,27)24-10-12-28-13-11-24/h8-9,14-15,17,19,22H,4-7,10-13H2,1-3H3,(H,23,25)/p+1/t15-,17+,19+/m0/s1. The highest BCUT2D eigenvalue weighted by molar-refractivity contribution is 7.89. The van der Waals surface area contributed by atoms with Gasteiger partial charge in [0.25, 0.3) is 5.91 Å². The van der Waals surface area contributed by atoms with Crippen LogP contribution in [-0.4, -0.2) is 57.0 Å². The molecular weight excluding hydrogens is 390 g/mol. The molecule has 2 aliphatic rings. The Labute approximate surface area is 174 Å². The first-order valence-electron chi connectivity index (χ1n) is 10.6. The van der Waals surface area contributed by atoms with Crippen LogP contribution in [0, 0.1) is 12.8 Å². The number of carbonyl (C=O) groups is 1. The summed E-state index contributed by atoms with van der Waals surface area (Å²) in [5.41, 5.74) is 1.19. The lowest BCUT2D eigenvalue weighted by atomic mass is 9.85. The molecule has 0 unspecified atom stereocenters. The lowest BCUT2D eigenvalue weighted by Crippen LogP contribution is -2.97. The summed E-state index contributed by atoms with van der Waals surface area (Å²) in [6, 6.07) is 5.34. The van der Waals surface area contributed by atoms with Crippen molar-refractivity contribution in [2.24, 2.45) is 5.92 Å². The maximum Gasteiger partial charge on any atom is 0.282 e. The molecule has 1 aliphatic heterocycles. The maximum atomic E-state index is 13.0. The van der Waals surface area contributed by atoms with E-state index in [0.29, 0.717) is 49.5 Å². The van der Waals surface area contributed by atoms with Crippen molar-refractivity contribution in [3.8, 4) is 0 Å². The molecule has 7 nitrogen and oxygen atoms in total. The number of nitrogens with zero attached hydrogens (tertiary/aromatic N) is 1. The summed E-state index contributed by atoms with van der Waals surface area (Å²) in [5, 5.41) is 5.08. The van der Waals surface area contributed by atoms with E-state index in [4.69, 9.17) is 4.74 Å². The Hall–Kier alpha value is -1.48. The number of rotatable bonds is 6. The number of sulfonamides is 1. The molecule has 1 aromatic carbocycles. The normalized spacial score (nSPS) is 24.8.